The molecule has 2 aliphatic carbocycles. The van der Waals surface area contributed by atoms with E-state index in [0.29, 0.717) is 24.8 Å². The zero-order valence-electron chi connectivity index (χ0n) is 33.9. The number of ketones is 1. The molecule has 1 aliphatic heterocycles. The Labute approximate surface area is 323 Å². The molecule has 0 amide bonds. The molecule has 7 atom stereocenters. The van der Waals surface area contributed by atoms with Crippen molar-refractivity contribution in [1.29, 1.82) is 0 Å². The quantitative estimate of drug-likeness (QED) is 0.122. The molecular weight excluding hydrogens is 680 g/mol. The number of Topliss-reactive ketones (excluding diaryl/α,β-unsaturated/α-hetero) is 1. The second kappa shape index (κ2) is 19.9. The second-order valence-electron chi connectivity index (χ2n) is 16.4. The Morgan fingerprint density at radius 2 is 1.19 bits per heavy atom. The fourth-order valence-electron chi connectivity index (χ4n) is 7.31. The molecule has 1 heterocycles. The summed E-state index contributed by atoms with van der Waals surface area (Å²) in [6, 6.07) is 0. The van der Waals surface area contributed by atoms with Gasteiger partial charge in [-0.15, -0.1) is 0 Å². The summed E-state index contributed by atoms with van der Waals surface area (Å²) in [6.45, 7) is 20.0. The molecule has 3 rings (SSSR count). The van der Waals surface area contributed by atoms with E-state index in [1.54, 1.807) is 6.92 Å². The summed E-state index contributed by atoms with van der Waals surface area (Å²) in [4.78, 5) is 12.3. The van der Waals surface area contributed by atoms with Gasteiger partial charge in [0.15, 0.2) is 12.1 Å². The Balaban J connectivity index is 1.53. The molecule has 8 heteroatoms. The first-order valence-corrected chi connectivity index (χ1v) is 18.9. The van der Waals surface area contributed by atoms with Crippen LogP contribution in [0.5, 0.6) is 0 Å². The first kappa shape index (κ1) is 44.9. The second-order valence-corrected chi connectivity index (χ2v) is 16.4. The zero-order valence-corrected chi connectivity index (χ0v) is 33.9. The Bertz CT molecular complexity index is 1680. The molecule has 8 nitrogen and oxygen atoms in total. The highest BCUT2D eigenvalue weighted by Crippen LogP contribution is 2.43. The summed E-state index contributed by atoms with van der Waals surface area (Å²) < 4.78 is 11.7. The lowest BCUT2D eigenvalue weighted by molar-refractivity contribution is -0.313. The van der Waals surface area contributed by atoms with Crippen LogP contribution < -0.4 is 0 Å². The normalized spacial score (nSPS) is 30.8. The first-order chi connectivity index (χ1) is 25.3. The van der Waals surface area contributed by atoms with Crippen LogP contribution in [0.1, 0.15) is 88.5 Å². The van der Waals surface area contributed by atoms with Crippen molar-refractivity contribution in [3.05, 3.63) is 130 Å². The number of aliphatic hydroxyl groups excluding tert-OH is 5. The molecule has 5 N–H and O–H groups in total. The Hall–Kier alpha value is -3.47. The molecular formula is C46H64O8. The number of ether oxygens (including phenoxy) is 2. The molecule has 0 spiro atoms. The van der Waals surface area contributed by atoms with Crippen LogP contribution in [-0.4, -0.2) is 80.8 Å². The van der Waals surface area contributed by atoms with Crippen molar-refractivity contribution in [2.24, 2.45) is 10.8 Å². The molecule has 1 fully saturated rings. The molecule has 296 valence electrons. The lowest BCUT2D eigenvalue weighted by Crippen LogP contribution is -2.59. The van der Waals surface area contributed by atoms with Crippen molar-refractivity contribution < 1.29 is 39.8 Å². The molecule has 2 unspecified atom stereocenters. The molecule has 0 radical (unpaired) electrons. The van der Waals surface area contributed by atoms with Crippen molar-refractivity contribution in [2.45, 2.75) is 131 Å². The van der Waals surface area contributed by atoms with Crippen molar-refractivity contribution in [1.82, 2.24) is 0 Å². The van der Waals surface area contributed by atoms with Gasteiger partial charge in [-0.3, -0.25) is 4.79 Å². The maximum Gasteiger partial charge on any atom is 0.187 e. The van der Waals surface area contributed by atoms with Crippen LogP contribution in [0.25, 0.3) is 0 Å². The molecule has 54 heavy (non-hydrogen) atoms. The van der Waals surface area contributed by atoms with Gasteiger partial charge in [0.25, 0.3) is 0 Å². The zero-order chi connectivity index (χ0) is 40.4. The van der Waals surface area contributed by atoms with Gasteiger partial charge in [0.05, 0.1) is 12.7 Å². The van der Waals surface area contributed by atoms with Crippen molar-refractivity contribution >= 4 is 5.78 Å². The van der Waals surface area contributed by atoms with Gasteiger partial charge < -0.3 is 35.0 Å². The fourth-order valence-corrected chi connectivity index (χ4v) is 7.31. The third-order valence-corrected chi connectivity index (χ3v) is 10.4. The maximum absolute atomic E-state index is 12.3. The summed E-state index contributed by atoms with van der Waals surface area (Å²) >= 11 is 0. The van der Waals surface area contributed by atoms with Crippen LogP contribution in [0.2, 0.25) is 0 Å². The standard InChI is InChI=1S/C46H64O8/c1-29(15-11-12-16-30(2)18-14-20-32(4)22-24-37-34(6)40(49)38(48)27-46(37,9)10)17-13-19-31(3)21-23-36-33(5)25-35(26-45(36,7)8)53-44-43(52)42(51)41(50)39(28-47)54-44/h11-24,35,38-39,41-44,47-48,50-52H,25-28H2,1-10H3/b12-11+,17-13+,18-14+,23-21+,24-22+,29-15+,30-16+,31-19+,32-20+/t35-,38+,39-,41-,42?,43?,44-/m1/s1. The van der Waals surface area contributed by atoms with E-state index in [0.717, 1.165) is 27.9 Å². The van der Waals surface area contributed by atoms with E-state index in [9.17, 15) is 30.3 Å². The Morgan fingerprint density at radius 1 is 0.704 bits per heavy atom. The number of allylic oxidation sites excluding steroid dienone is 20. The van der Waals surface area contributed by atoms with E-state index in [-0.39, 0.29) is 22.7 Å². The average molecular weight is 745 g/mol. The molecule has 1 saturated heterocycles. The summed E-state index contributed by atoms with van der Waals surface area (Å²) in [7, 11) is 0. The molecule has 0 aromatic rings. The lowest BCUT2D eigenvalue weighted by Gasteiger charge is -2.43. The van der Waals surface area contributed by atoms with Gasteiger partial charge in [0, 0.05) is 0 Å². The van der Waals surface area contributed by atoms with Crippen LogP contribution >= 0.6 is 0 Å². The van der Waals surface area contributed by atoms with Gasteiger partial charge in [-0.05, 0) is 88.4 Å². The number of rotatable bonds is 13. The summed E-state index contributed by atoms with van der Waals surface area (Å²) in [5.41, 5.74) is 7.94. The van der Waals surface area contributed by atoms with Gasteiger partial charge in [-0.1, -0.05) is 141 Å². The van der Waals surface area contributed by atoms with Crippen LogP contribution in [-0.2, 0) is 14.3 Å². The molecule has 0 bridgehead atoms. The van der Waals surface area contributed by atoms with E-state index in [1.165, 1.54) is 11.1 Å². The lowest BCUT2D eigenvalue weighted by atomic mass is 9.71. The highest BCUT2D eigenvalue weighted by atomic mass is 16.7. The minimum Gasteiger partial charge on any atom is -0.394 e. The number of hydrogen-bond acceptors (Lipinski definition) is 8. The summed E-state index contributed by atoms with van der Waals surface area (Å²) in [5.74, 6) is -0.181. The van der Waals surface area contributed by atoms with E-state index in [2.05, 4.69) is 97.9 Å². The molecule has 0 aromatic carbocycles. The number of hydrogen-bond donors (Lipinski definition) is 5. The van der Waals surface area contributed by atoms with E-state index < -0.39 is 43.4 Å². The molecule has 0 saturated carbocycles. The predicted octanol–water partition coefficient (Wildman–Crippen LogP) is 7.55. The van der Waals surface area contributed by atoms with Crippen LogP contribution in [0.15, 0.2) is 130 Å². The van der Waals surface area contributed by atoms with Crippen molar-refractivity contribution in [2.75, 3.05) is 6.61 Å². The largest absolute Gasteiger partial charge is 0.394 e. The Kier molecular flexibility index (Phi) is 16.6. The Morgan fingerprint density at radius 3 is 1.70 bits per heavy atom. The van der Waals surface area contributed by atoms with Crippen LogP contribution in [0.3, 0.4) is 0 Å². The smallest absolute Gasteiger partial charge is 0.187 e. The highest BCUT2D eigenvalue weighted by Gasteiger charge is 2.46. The molecule has 3 aliphatic rings. The summed E-state index contributed by atoms with van der Waals surface area (Å²) in [6.07, 6.45) is 22.9. The monoisotopic (exact) mass is 744 g/mol. The number of carbonyl (C=O) groups is 1. The molecule has 0 aromatic heterocycles. The third-order valence-electron chi connectivity index (χ3n) is 10.4. The SMILES string of the molecule is CC1=C(/C=C/C(C)=C/C=C/C(C)=C/C=C/C=C(C)/C=C/C=C(C)/C=C/C2=C(C)C(=O)[C@@H](O)CC2(C)C)C(C)(C)C[C@H](O[C@@H]2O[C@H](CO)[C@@H](O)C(O)C2O)C1. The fraction of sp³-hybridized carbons (Fsp3) is 0.500. The van der Waals surface area contributed by atoms with E-state index in [4.69, 9.17) is 9.47 Å². The first-order valence-electron chi connectivity index (χ1n) is 18.9. The van der Waals surface area contributed by atoms with E-state index >= 15 is 0 Å². The number of carbonyl (C=O) groups excluding carboxylic acids is 1. The summed E-state index contributed by atoms with van der Waals surface area (Å²) in [5, 5.41) is 50.2. The highest BCUT2D eigenvalue weighted by molar-refractivity contribution is 6.00. The van der Waals surface area contributed by atoms with Gasteiger partial charge in [0.2, 0.25) is 0 Å². The van der Waals surface area contributed by atoms with Gasteiger partial charge in [0.1, 0.15) is 30.5 Å². The van der Waals surface area contributed by atoms with Crippen molar-refractivity contribution in [3.8, 4) is 0 Å². The van der Waals surface area contributed by atoms with Gasteiger partial charge in [-0.2, -0.15) is 0 Å². The third kappa shape index (κ3) is 12.5. The minimum atomic E-state index is -1.46. The van der Waals surface area contributed by atoms with Gasteiger partial charge in [-0.25, -0.2) is 0 Å². The topological polar surface area (TPSA) is 137 Å². The van der Waals surface area contributed by atoms with Crippen molar-refractivity contribution in [3.63, 3.8) is 0 Å². The van der Waals surface area contributed by atoms with Crippen LogP contribution in [0, 0.1) is 10.8 Å². The predicted molar refractivity (Wildman–Crippen MR) is 217 cm³/mol. The number of aliphatic hydroxyl groups is 5. The van der Waals surface area contributed by atoms with Crippen LogP contribution in [0.4, 0.5) is 0 Å². The average Bonchev–Trinajstić information content (AvgIpc) is 3.08. The van der Waals surface area contributed by atoms with E-state index in [1.807, 2.05) is 49.5 Å². The minimum absolute atomic E-state index is 0.181. The maximum atomic E-state index is 12.3. The van der Waals surface area contributed by atoms with Gasteiger partial charge >= 0.3 is 0 Å².